The number of anilines is 2. The van der Waals surface area contributed by atoms with E-state index in [0.717, 1.165) is 30.9 Å². The van der Waals surface area contributed by atoms with Gasteiger partial charge in [0.05, 0.1) is 25.8 Å². The zero-order chi connectivity index (χ0) is 18.5. The molecule has 0 aliphatic carbocycles. The molecule has 0 bridgehead atoms. The van der Waals surface area contributed by atoms with Crippen LogP contribution in [-0.4, -0.2) is 43.4 Å². The minimum Gasteiger partial charge on any atom is -0.493 e. The Morgan fingerprint density at radius 3 is 2.65 bits per heavy atom. The van der Waals surface area contributed by atoms with Crippen molar-refractivity contribution in [1.82, 2.24) is 10.2 Å². The van der Waals surface area contributed by atoms with E-state index in [1.807, 2.05) is 25.1 Å². The molecule has 1 fully saturated rings. The van der Waals surface area contributed by atoms with E-state index >= 15 is 0 Å². The number of carbonyl (C=O) groups is 1. The van der Waals surface area contributed by atoms with Crippen LogP contribution in [0.1, 0.15) is 18.5 Å². The highest BCUT2D eigenvalue weighted by Gasteiger charge is 2.27. The van der Waals surface area contributed by atoms with Gasteiger partial charge in [-0.1, -0.05) is 0 Å². The summed E-state index contributed by atoms with van der Waals surface area (Å²) in [6.45, 7) is 3.43. The van der Waals surface area contributed by atoms with Crippen LogP contribution in [0.15, 0.2) is 30.3 Å². The summed E-state index contributed by atoms with van der Waals surface area (Å²) in [7, 11) is 3.16. The summed E-state index contributed by atoms with van der Waals surface area (Å²) in [5.74, 6) is 1.94. The molecule has 1 aromatic carbocycles. The summed E-state index contributed by atoms with van der Waals surface area (Å²) in [4.78, 5) is 14.8. The lowest BCUT2D eigenvalue weighted by Gasteiger charge is -2.32. The first-order chi connectivity index (χ1) is 12.6. The Hall–Kier alpha value is -2.83. The highest BCUT2D eigenvalue weighted by molar-refractivity contribution is 5.93. The van der Waals surface area contributed by atoms with Crippen molar-refractivity contribution < 1.29 is 14.3 Å². The Morgan fingerprint density at radius 2 is 1.96 bits per heavy atom. The van der Waals surface area contributed by atoms with E-state index in [1.54, 1.807) is 26.4 Å². The van der Waals surface area contributed by atoms with E-state index in [1.165, 1.54) is 0 Å². The number of ether oxygens (including phenoxy) is 2. The number of rotatable bonds is 5. The first kappa shape index (κ1) is 18.0. The summed E-state index contributed by atoms with van der Waals surface area (Å²) in [5.41, 5.74) is 1.58. The molecular weight excluding hydrogens is 332 g/mol. The van der Waals surface area contributed by atoms with Gasteiger partial charge >= 0.3 is 0 Å². The minimum absolute atomic E-state index is 0.00184. The average Bonchev–Trinajstić information content (AvgIpc) is 2.68. The monoisotopic (exact) mass is 356 g/mol. The number of carbonyl (C=O) groups excluding carboxylic acids is 1. The van der Waals surface area contributed by atoms with Gasteiger partial charge in [0.2, 0.25) is 5.91 Å². The van der Waals surface area contributed by atoms with Crippen LogP contribution < -0.4 is 19.7 Å². The lowest BCUT2D eigenvalue weighted by molar-refractivity contribution is -0.120. The van der Waals surface area contributed by atoms with Gasteiger partial charge in [-0.05, 0) is 44.0 Å². The van der Waals surface area contributed by atoms with E-state index in [0.29, 0.717) is 23.7 Å². The normalized spacial score (nSPS) is 16.9. The summed E-state index contributed by atoms with van der Waals surface area (Å²) >= 11 is 0. The van der Waals surface area contributed by atoms with Gasteiger partial charge < -0.3 is 19.7 Å². The number of amides is 1. The Labute approximate surface area is 153 Å². The predicted octanol–water partition coefficient (Wildman–Crippen LogP) is 2.66. The third-order valence-corrected chi connectivity index (χ3v) is 4.55. The Morgan fingerprint density at radius 1 is 1.15 bits per heavy atom. The second-order valence-electron chi connectivity index (χ2n) is 6.38. The summed E-state index contributed by atoms with van der Waals surface area (Å²) in [6.07, 6.45) is 1.80. The van der Waals surface area contributed by atoms with E-state index in [2.05, 4.69) is 20.4 Å². The topological polar surface area (TPSA) is 76.6 Å². The lowest BCUT2D eigenvalue weighted by atomic mass is 9.97. The van der Waals surface area contributed by atoms with Crippen molar-refractivity contribution in [3.63, 3.8) is 0 Å². The number of hydrogen-bond donors (Lipinski definition) is 1. The molecule has 2 aromatic rings. The highest BCUT2D eigenvalue weighted by Crippen LogP contribution is 2.30. The van der Waals surface area contributed by atoms with E-state index < -0.39 is 0 Å². The molecule has 1 amide bonds. The summed E-state index contributed by atoms with van der Waals surface area (Å²) in [5, 5.41) is 11.3. The van der Waals surface area contributed by atoms with Gasteiger partial charge in [0.15, 0.2) is 17.3 Å². The number of aromatic nitrogens is 2. The maximum Gasteiger partial charge on any atom is 0.229 e. The second-order valence-corrected chi connectivity index (χ2v) is 6.38. The largest absolute Gasteiger partial charge is 0.493 e. The van der Waals surface area contributed by atoms with E-state index in [-0.39, 0.29) is 11.8 Å². The second kappa shape index (κ2) is 8.03. The minimum atomic E-state index is -0.0973. The van der Waals surface area contributed by atoms with E-state index in [4.69, 9.17) is 9.47 Å². The van der Waals surface area contributed by atoms with Crippen LogP contribution >= 0.6 is 0 Å². The first-order valence-electron chi connectivity index (χ1n) is 8.69. The molecule has 3 rings (SSSR count). The molecule has 1 aromatic heterocycles. The molecule has 0 radical (unpaired) electrons. The van der Waals surface area contributed by atoms with Crippen LogP contribution in [0.25, 0.3) is 0 Å². The van der Waals surface area contributed by atoms with Crippen molar-refractivity contribution in [3.05, 3.63) is 36.0 Å². The molecule has 26 heavy (non-hydrogen) atoms. The maximum absolute atomic E-state index is 12.7. The fraction of sp³-hybridized carbons (Fsp3) is 0.421. The third-order valence-electron chi connectivity index (χ3n) is 4.55. The maximum atomic E-state index is 12.7. The number of hydrogen-bond acceptors (Lipinski definition) is 6. The quantitative estimate of drug-likeness (QED) is 0.888. The molecule has 1 saturated heterocycles. The molecule has 0 spiro atoms. The fourth-order valence-electron chi connectivity index (χ4n) is 3.12. The molecule has 7 nitrogen and oxygen atoms in total. The number of methoxy groups -OCH3 is 2. The van der Waals surface area contributed by atoms with Crippen LogP contribution in [0.2, 0.25) is 0 Å². The van der Waals surface area contributed by atoms with Crippen LogP contribution in [0.4, 0.5) is 11.5 Å². The Balaban J connectivity index is 1.66. The van der Waals surface area contributed by atoms with Gasteiger partial charge in [0.25, 0.3) is 0 Å². The molecule has 138 valence electrons. The Bertz CT molecular complexity index is 764. The number of aryl methyl sites for hydroxylation is 1. The molecule has 0 saturated carbocycles. The van der Waals surface area contributed by atoms with Crippen LogP contribution in [0.5, 0.6) is 11.5 Å². The molecule has 2 heterocycles. The fourth-order valence-corrected chi connectivity index (χ4v) is 3.12. The molecular formula is C19H24N4O3. The number of nitrogens with zero attached hydrogens (tertiary/aromatic N) is 3. The van der Waals surface area contributed by atoms with Crippen LogP contribution in [-0.2, 0) is 4.79 Å². The third kappa shape index (κ3) is 4.04. The standard InChI is InChI=1S/C19H24N4O3/c1-13-6-9-18(22-21-13)23-10-4-5-14(12-23)19(24)20-15-7-8-16(25-2)17(11-15)26-3/h6-9,11,14H,4-5,10,12H2,1-3H3,(H,20,24). The molecule has 1 N–H and O–H groups in total. The van der Waals surface area contributed by atoms with Crippen LogP contribution in [0.3, 0.4) is 0 Å². The van der Waals surface area contributed by atoms with Gasteiger partial charge in [-0.15, -0.1) is 5.10 Å². The van der Waals surface area contributed by atoms with Crippen molar-refractivity contribution in [1.29, 1.82) is 0 Å². The van der Waals surface area contributed by atoms with Crippen LogP contribution in [0, 0.1) is 12.8 Å². The zero-order valence-electron chi connectivity index (χ0n) is 15.4. The smallest absolute Gasteiger partial charge is 0.229 e. The van der Waals surface area contributed by atoms with Crippen molar-refractivity contribution in [2.24, 2.45) is 5.92 Å². The van der Waals surface area contributed by atoms with Crippen molar-refractivity contribution in [3.8, 4) is 11.5 Å². The van der Waals surface area contributed by atoms with Gasteiger partial charge in [0.1, 0.15) is 0 Å². The lowest BCUT2D eigenvalue weighted by Crippen LogP contribution is -2.41. The SMILES string of the molecule is COc1ccc(NC(=O)C2CCCN(c3ccc(C)nn3)C2)cc1OC. The number of benzene rings is 1. The first-order valence-corrected chi connectivity index (χ1v) is 8.69. The number of piperidine rings is 1. The van der Waals surface area contributed by atoms with Crippen molar-refractivity contribution in [2.75, 3.05) is 37.5 Å². The Kier molecular flexibility index (Phi) is 5.55. The summed E-state index contributed by atoms with van der Waals surface area (Å²) in [6, 6.07) is 9.25. The molecule has 1 unspecified atom stereocenters. The molecule has 1 aliphatic heterocycles. The summed E-state index contributed by atoms with van der Waals surface area (Å²) < 4.78 is 10.5. The highest BCUT2D eigenvalue weighted by atomic mass is 16.5. The van der Waals surface area contributed by atoms with Crippen molar-refractivity contribution >= 4 is 17.4 Å². The molecule has 1 atom stereocenters. The average molecular weight is 356 g/mol. The molecule has 7 heteroatoms. The van der Waals surface area contributed by atoms with E-state index in [9.17, 15) is 4.79 Å². The van der Waals surface area contributed by atoms with Crippen molar-refractivity contribution in [2.45, 2.75) is 19.8 Å². The number of nitrogens with one attached hydrogen (secondary N) is 1. The van der Waals surface area contributed by atoms with Gasteiger partial charge in [-0.2, -0.15) is 5.10 Å². The van der Waals surface area contributed by atoms with Gasteiger partial charge in [-0.3, -0.25) is 4.79 Å². The zero-order valence-corrected chi connectivity index (χ0v) is 15.4. The molecule has 1 aliphatic rings. The van der Waals surface area contributed by atoms with Gasteiger partial charge in [-0.25, -0.2) is 0 Å². The van der Waals surface area contributed by atoms with Gasteiger partial charge in [0, 0.05) is 24.8 Å². The predicted molar refractivity (Wildman–Crippen MR) is 99.9 cm³/mol.